The first-order valence-electron chi connectivity index (χ1n) is 14.0. The molecule has 11 nitrogen and oxygen atoms in total. The van der Waals surface area contributed by atoms with Crippen LogP contribution in [-0.4, -0.2) is 84.2 Å². The van der Waals surface area contributed by atoms with Crippen LogP contribution in [0.3, 0.4) is 0 Å². The standard InChI is InChI=1S/C23H32N6O.2C2HF3O2/c1-17-5-4-8-19(24-17)15-28-13-11-23(12-14-28)10-9-20-26-27-21(29(20)16-23)22(30)25-18-6-2-3-7-18;2*3-2(4,5)1(6)7/h4-5,8,18H,2-3,6-7,9-16H2,1H3,(H,25,30);2*(H,6,7). The number of fused-ring (bicyclic) bond motifs is 1. The average Bonchev–Trinajstić information content (AvgIpc) is 3.59. The lowest BCUT2D eigenvalue weighted by Crippen LogP contribution is -2.45. The number of carboxylic acids is 2. The number of nitrogens with one attached hydrogen (secondary N) is 1. The zero-order chi connectivity index (χ0) is 32.7. The lowest BCUT2D eigenvalue weighted by molar-refractivity contribution is -0.193. The Balaban J connectivity index is 0.000000317. The van der Waals surface area contributed by atoms with Crippen molar-refractivity contribution in [3.63, 3.8) is 0 Å². The molecule has 2 aliphatic heterocycles. The molecule has 0 aromatic carbocycles. The Bertz CT molecular complexity index is 1280. The maximum Gasteiger partial charge on any atom is 0.490 e. The third-order valence-electron chi connectivity index (χ3n) is 7.83. The largest absolute Gasteiger partial charge is 0.490 e. The van der Waals surface area contributed by atoms with Crippen LogP contribution in [0, 0.1) is 12.3 Å². The summed E-state index contributed by atoms with van der Waals surface area (Å²) < 4.78 is 65.6. The SMILES string of the molecule is Cc1cccc(CN2CCC3(CCc4nnc(C(=O)NC5CCCC5)n4C3)CC2)n1.O=C(O)C(F)(F)F.O=C(O)C(F)(F)F. The van der Waals surface area contributed by atoms with Crippen LogP contribution in [0.5, 0.6) is 0 Å². The number of aliphatic carboxylic acids is 2. The number of pyridine rings is 1. The molecule has 1 amide bonds. The number of aromatic nitrogens is 4. The lowest BCUT2D eigenvalue weighted by Gasteiger charge is -2.44. The molecular formula is C27H34F6N6O5. The molecule has 2 fully saturated rings. The molecule has 4 heterocycles. The van der Waals surface area contributed by atoms with E-state index in [0.717, 1.165) is 81.9 Å². The first kappa shape index (κ1) is 34.7. The van der Waals surface area contributed by atoms with Gasteiger partial charge in [0.2, 0.25) is 5.82 Å². The fraction of sp³-hybridized carbons (Fsp3) is 0.630. The highest BCUT2D eigenvalue weighted by Gasteiger charge is 2.41. The van der Waals surface area contributed by atoms with Gasteiger partial charge in [-0.2, -0.15) is 26.3 Å². The van der Waals surface area contributed by atoms with E-state index in [1.807, 2.05) is 13.0 Å². The fourth-order valence-corrected chi connectivity index (χ4v) is 5.48. The quantitative estimate of drug-likeness (QED) is 0.421. The predicted molar refractivity (Wildman–Crippen MR) is 141 cm³/mol. The third-order valence-corrected chi connectivity index (χ3v) is 7.83. The number of nitrogens with zero attached hydrogens (tertiary/aromatic N) is 5. The number of hydrogen-bond donors (Lipinski definition) is 3. The van der Waals surface area contributed by atoms with Crippen molar-refractivity contribution >= 4 is 17.8 Å². The van der Waals surface area contributed by atoms with Gasteiger partial charge in [0.05, 0.1) is 5.69 Å². The van der Waals surface area contributed by atoms with Crippen LogP contribution >= 0.6 is 0 Å². The summed E-state index contributed by atoms with van der Waals surface area (Å²) in [7, 11) is 0. The normalized spacial score (nSPS) is 18.3. The molecule has 0 unspecified atom stereocenters. The lowest BCUT2D eigenvalue weighted by atomic mass is 9.73. The molecule has 2 aromatic rings. The van der Waals surface area contributed by atoms with Crippen molar-refractivity contribution in [2.75, 3.05) is 13.1 Å². The summed E-state index contributed by atoms with van der Waals surface area (Å²) in [5.74, 6) is -4.06. The molecule has 5 rings (SSSR count). The number of carboxylic acid groups (broad SMARTS) is 2. The van der Waals surface area contributed by atoms with Crippen LogP contribution in [0.2, 0.25) is 0 Å². The minimum absolute atomic E-state index is 0.0411. The Kier molecular flexibility index (Phi) is 11.3. The molecule has 0 atom stereocenters. The number of halogens is 6. The van der Waals surface area contributed by atoms with Crippen molar-refractivity contribution in [2.45, 2.75) is 89.8 Å². The number of alkyl halides is 6. The summed E-state index contributed by atoms with van der Waals surface area (Å²) in [6.07, 6.45) is -1.21. The molecular weight excluding hydrogens is 602 g/mol. The van der Waals surface area contributed by atoms with Crippen molar-refractivity contribution in [2.24, 2.45) is 5.41 Å². The molecule has 2 aromatic heterocycles. The number of piperidine rings is 1. The summed E-state index contributed by atoms with van der Waals surface area (Å²) in [5, 5.41) is 26.1. The summed E-state index contributed by atoms with van der Waals surface area (Å²) in [4.78, 5) is 37.8. The van der Waals surface area contributed by atoms with Crippen LogP contribution < -0.4 is 5.32 Å². The van der Waals surface area contributed by atoms with Gasteiger partial charge in [-0.1, -0.05) is 18.9 Å². The molecule has 1 saturated heterocycles. The molecule has 44 heavy (non-hydrogen) atoms. The Morgan fingerprint density at radius 3 is 2.05 bits per heavy atom. The molecule has 17 heteroatoms. The first-order chi connectivity index (χ1) is 20.5. The second-order valence-corrected chi connectivity index (χ2v) is 11.1. The van der Waals surface area contributed by atoms with Gasteiger partial charge in [-0.3, -0.25) is 14.7 Å². The molecule has 1 saturated carbocycles. The van der Waals surface area contributed by atoms with E-state index in [9.17, 15) is 31.1 Å². The Labute approximate surface area is 248 Å². The van der Waals surface area contributed by atoms with Crippen molar-refractivity contribution in [3.8, 4) is 0 Å². The number of hydrogen-bond acceptors (Lipinski definition) is 7. The first-order valence-corrected chi connectivity index (χ1v) is 14.0. The molecule has 0 radical (unpaired) electrons. The summed E-state index contributed by atoms with van der Waals surface area (Å²) in [6, 6.07) is 6.57. The predicted octanol–water partition coefficient (Wildman–Crippen LogP) is 4.15. The van der Waals surface area contributed by atoms with Crippen LogP contribution in [-0.2, 0) is 29.1 Å². The highest BCUT2D eigenvalue weighted by atomic mass is 19.4. The Morgan fingerprint density at radius 2 is 1.52 bits per heavy atom. The summed E-state index contributed by atoms with van der Waals surface area (Å²) in [5.41, 5.74) is 2.49. The van der Waals surface area contributed by atoms with Crippen LogP contribution in [0.4, 0.5) is 26.3 Å². The van der Waals surface area contributed by atoms with E-state index in [4.69, 9.17) is 19.8 Å². The van der Waals surface area contributed by atoms with Crippen molar-refractivity contribution < 1.29 is 50.9 Å². The van der Waals surface area contributed by atoms with E-state index in [1.165, 1.54) is 12.8 Å². The average molecular weight is 637 g/mol. The molecule has 3 aliphatic rings. The minimum Gasteiger partial charge on any atom is -0.475 e. The van der Waals surface area contributed by atoms with E-state index in [0.29, 0.717) is 11.9 Å². The number of aryl methyl sites for hydroxylation is 2. The number of amides is 1. The van der Waals surface area contributed by atoms with Crippen molar-refractivity contribution in [1.82, 2.24) is 30.0 Å². The fourth-order valence-electron chi connectivity index (χ4n) is 5.48. The van der Waals surface area contributed by atoms with Gasteiger partial charge in [-0.05, 0) is 69.7 Å². The van der Waals surface area contributed by atoms with E-state index in [2.05, 4.69) is 42.1 Å². The summed E-state index contributed by atoms with van der Waals surface area (Å²) >= 11 is 0. The molecule has 1 aliphatic carbocycles. The number of carbonyl (C=O) groups is 3. The Morgan fingerprint density at radius 1 is 0.955 bits per heavy atom. The highest BCUT2D eigenvalue weighted by Crippen LogP contribution is 2.41. The smallest absolute Gasteiger partial charge is 0.475 e. The van der Waals surface area contributed by atoms with Gasteiger partial charge in [0.15, 0.2) is 0 Å². The Hall–Kier alpha value is -3.76. The minimum atomic E-state index is -5.08. The van der Waals surface area contributed by atoms with E-state index in [-0.39, 0.29) is 11.3 Å². The number of rotatable bonds is 4. The molecule has 1 spiro atoms. The van der Waals surface area contributed by atoms with Crippen LogP contribution in [0.25, 0.3) is 0 Å². The molecule has 0 bridgehead atoms. The second kappa shape index (κ2) is 14.3. The monoisotopic (exact) mass is 636 g/mol. The van der Waals surface area contributed by atoms with E-state index >= 15 is 0 Å². The topological polar surface area (TPSA) is 151 Å². The van der Waals surface area contributed by atoms with Gasteiger partial charge in [0.1, 0.15) is 5.82 Å². The van der Waals surface area contributed by atoms with Crippen molar-refractivity contribution in [3.05, 3.63) is 41.2 Å². The highest BCUT2D eigenvalue weighted by molar-refractivity contribution is 5.91. The van der Waals surface area contributed by atoms with Gasteiger partial charge in [0, 0.05) is 31.2 Å². The van der Waals surface area contributed by atoms with Crippen molar-refractivity contribution in [1.29, 1.82) is 0 Å². The maximum atomic E-state index is 12.8. The van der Waals surface area contributed by atoms with Gasteiger partial charge in [0.25, 0.3) is 5.91 Å². The molecule has 244 valence electrons. The zero-order valence-corrected chi connectivity index (χ0v) is 23.9. The van der Waals surface area contributed by atoms with Gasteiger partial charge >= 0.3 is 24.3 Å². The van der Waals surface area contributed by atoms with Gasteiger partial charge < -0.3 is 20.1 Å². The van der Waals surface area contributed by atoms with E-state index in [1.54, 1.807) is 0 Å². The van der Waals surface area contributed by atoms with Gasteiger partial charge in [-0.25, -0.2) is 9.59 Å². The maximum absolute atomic E-state index is 12.8. The van der Waals surface area contributed by atoms with E-state index < -0.39 is 24.3 Å². The zero-order valence-electron chi connectivity index (χ0n) is 23.9. The molecule has 3 N–H and O–H groups in total. The third kappa shape index (κ3) is 9.89. The van der Waals surface area contributed by atoms with Crippen LogP contribution in [0.1, 0.15) is 72.8 Å². The van der Waals surface area contributed by atoms with Gasteiger partial charge in [-0.15, -0.1) is 10.2 Å². The number of likely N-dealkylation sites (tertiary alicyclic amines) is 1. The van der Waals surface area contributed by atoms with Crippen LogP contribution in [0.15, 0.2) is 18.2 Å². The summed E-state index contributed by atoms with van der Waals surface area (Å²) in [6.45, 7) is 6.01. The second-order valence-electron chi connectivity index (χ2n) is 11.1. The number of carbonyl (C=O) groups excluding carboxylic acids is 1.